The van der Waals surface area contributed by atoms with E-state index in [4.69, 9.17) is 9.47 Å². The average Bonchev–Trinajstić information content (AvgIpc) is 2.80. The van der Waals surface area contributed by atoms with Gasteiger partial charge in [0.25, 0.3) is 11.8 Å². The molecule has 0 heterocycles. The fraction of sp³-hybridized carbons (Fsp3) is 0.125. The second kappa shape index (κ2) is 10.6. The Kier molecular flexibility index (Phi) is 7.62. The third-order valence-electron chi connectivity index (χ3n) is 4.55. The van der Waals surface area contributed by atoms with Crippen molar-refractivity contribution in [3.8, 4) is 11.5 Å². The van der Waals surface area contributed by atoms with Crippen LogP contribution in [0.2, 0.25) is 0 Å². The number of hydrazone groups is 1. The van der Waals surface area contributed by atoms with Gasteiger partial charge in [-0.1, -0.05) is 45.8 Å². The van der Waals surface area contributed by atoms with E-state index in [1.807, 2.05) is 31.2 Å². The topological polar surface area (TPSA) is 89.0 Å². The zero-order chi connectivity index (χ0) is 23.1. The van der Waals surface area contributed by atoms with Crippen LogP contribution in [-0.2, 0) is 0 Å². The number of nitrogens with zero attached hydrogens (tertiary/aromatic N) is 1. The fourth-order valence-corrected chi connectivity index (χ4v) is 3.19. The first-order chi connectivity index (χ1) is 15.4. The number of benzene rings is 3. The SMILES string of the molecule is COc1cc(OC)cc(C(=O)Nc2ccc(Br)cc2C(=O)NN=Cc2ccc(C)cc2)c1. The maximum Gasteiger partial charge on any atom is 0.273 e. The summed E-state index contributed by atoms with van der Waals surface area (Å²) in [6.07, 6.45) is 1.55. The van der Waals surface area contributed by atoms with Gasteiger partial charge < -0.3 is 14.8 Å². The second-order valence-electron chi connectivity index (χ2n) is 6.86. The van der Waals surface area contributed by atoms with Crippen LogP contribution in [0.15, 0.2) is 70.2 Å². The number of amides is 2. The third kappa shape index (κ3) is 5.95. The third-order valence-corrected chi connectivity index (χ3v) is 5.04. The van der Waals surface area contributed by atoms with E-state index in [1.165, 1.54) is 14.2 Å². The summed E-state index contributed by atoms with van der Waals surface area (Å²) in [4.78, 5) is 25.6. The summed E-state index contributed by atoms with van der Waals surface area (Å²) < 4.78 is 11.1. The number of aryl methyl sites for hydroxylation is 1. The second-order valence-corrected chi connectivity index (χ2v) is 7.77. The first-order valence-electron chi connectivity index (χ1n) is 9.63. The molecule has 3 rings (SSSR count). The number of halogens is 1. The van der Waals surface area contributed by atoms with E-state index in [0.29, 0.717) is 27.2 Å². The Balaban J connectivity index is 1.79. The summed E-state index contributed by atoms with van der Waals surface area (Å²) in [5.74, 6) is 0.0809. The van der Waals surface area contributed by atoms with E-state index in [9.17, 15) is 9.59 Å². The van der Waals surface area contributed by atoms with E-state index < -0.39 is 11.8 Å². The van der Waals surface area contributed by atoms with Gasteiger partial charge in [-0.25, -0.2) is 5.43 Å². The van der Waals surface area contributed by atoms with Gasteiger partial charge in [-0.3, -0.25) is 9.59 Å². The lowest BCUT2D eigenvalue weighted by molar-refractivity contribution is 0.0956. The van der Waals surface area contributed by atoms with Crippen LogP contribution >= 0.6 is 15.9 Å². The molecule has 0 radical (unpaired) electrons. The van der Waals surface area contributed by atoms with Gasteiger partial charge in [-0.2, -0.15) is 5.10 Å². The molecule has 0 aliphatic heterocycles. The molecule has 0 fully saturated rings. The lowest BCUT2D eigenvalue weighted by atomic mass is 10.1. The molecule has 0 aliphatic rings. The van der Waals surface area contributed by atoms with Crippen LogP contribution in [-0.4, -0.2) is 32.2 Å². The first kappa shape index (κ1) is 23.0. The van der Waals surface area contributed by atoms with Gasteiger partial charge in [-0.05, 0) is 42.8 Å². The molecule has 0 aromatic heterocycles. The maximum absolute atomic E-state index is 12.8. The van der Waals surface area contributed by atoms with Crippen molar-refractivity contribution in [1.29, 1.82) is 0 Å². The summed E-state index contributed by atoms with van der Waals surface area (Å²) >= 11 is 3.36. The van der Waals surface area contributed by atoms with E-state index in [1.54, 1.807) is 42.6 Å². The van der Waals surface area contributed by atoms with Crippen molar-refractivity contribution >= 4 is 39.6 Å². The molecule has 0 atom stereocenters. The highest BCUT2D eigenvalue weighted by Crippen LogP contribution is 2.25. The predicted molar refractivity (Wildman–Crippen MR) is 128 cm³/mol. The highest BCUT2D eigenvalue weighted by molar-refractivity contribution is 9.10. The lowest BCUT2D eigenvalue weighted by Crippen LogP contribution is -2.21. The zero-order valence-electron chi connectivity index (χ0n) is 17.8. The van der Waals surface area contributed by atoms with Crippen LogP contribution in [0.25, 0.3) is 0 Å². The van der Waals surface area contributed by atoms with Crippen LogP contribution in [0.4, 0.5) is 5.69 Å². The summed E-state index contributed by atoms with van der Waals surface area (Å²) in [6, 6.07) is 17.5. The van der Waals surface area contributed by atoms with E-state index >= 15 is 0 Å². The average molecular weight is 496 g/mol. The highest BCUT2D eigenvalue weighted by Gasteiger charge is 2.16. The highest BCUT2D eigenvalue weighted by atomic mass is 79.9. The molecule has 2 amide bonds. The molecule has 164 valence electrons. The van der Waals surface area contributed by atoms with E-state index in [0.717, 1.165) is 11.1 Å². The van der Waals surface area contributed by atoms with Crippen molar-refractivity contribution in [1.82, 2.24) is 5.43 Å². The standard InChI is InChI=1S/C24H22BrN3O4/c1-15-4-6-16(7-5-15)14-26-28-24(30)21-12-18(25)8-9-22(21)27-23(29)17-10-19(31-2)13-20(11-17)32-3/h4-14H,1-3H3,(H,27,29)(H,28,30). The summed E-state index contributed by atoms with van der Waals surface area (Å²) in [5.41, 5.74) is 5.40. The number of methoxy groups -OCH3 is 2. The molecule has 0 bridgehead atoms. The Bertz CT molecular complexity index is 1140. The summed E-state index contributed by atoms with van der Waals surface area (Å²) in [5, 5.41) is 6.78. The minimum atomic E-state index is -0.465. The summed E-state index contributed by atoms with van der Waals surface area (Å²) in [6.45, 7) is 1.99. The molecule has 8 heteroatoms. The monoisotopic (exact) mass is 495 g/mol. The zero-order valence-corrected chi connectivity index (χ0v) is 19.4. The van der Waals surface area contributed by atoms with Gasteiger partial charge in [0.05, 0.1) is 31.7 Å². The summed E-state index contributed by atoms with van der Waals surface area (Å²) in [7, 11) is 3.01. The number of ether oxygens (including phenoxy) is 2. The van der Waals surface area contributed by atoms with Crippen LogP contribution in [0.5, 0.6) is 11.5 Å². The van der Waals surface area contributed by atoms with Crippen molar-refractivity contribution in [3.63, 3.8) is 0 Å². The number of nitrogens with one attached hydrogen (secondary N) is 2. The number of hydrogen-bond donors (Lipinski definition) is 2. The van der Waals surface area contributed by atoms with Gasteiger partial charge in [0.1, 0.15) is 11.5 Å². The molecule has 0 unspecified atom stereocenters. The molecule has 3 aromatic carbocycles. The first-order valence-corrected chi connectivity index (χ1v) is 10.4. The Morgan fingerprint density at radius 1 is 0.906 bits per heavy atom. The van der Waals surface area contributed by atoms with Crippen molar-refractivity contribution < 1.29 is 19.1 Å². The molecule has 0 saturated heterocycles. The normalized spacial score (nSPS) is 10.6. The van der Waals surface area contributed by atoms with Crippen LogP contribution in [0.1, 0.15) is 31.8 Å². The molecule has 2 N–H and O–H groups in total. The van der Waals surface area contributed by atoms with Gasteiger partial charge in [-0.15, -0.1) is 0 Å². The Morgan fingerprint density at radius 3 is 2.19 bits per heavy atom. The minimum absolute atomic E-state index is 0.253. The van der Waals surface area contributed by atoms with Crippen molar-refractivity contribution in [3.05, 3.63) is 87.4 Å². The molecule has 32 heavy (non-hydrogen) atoms. The molecule has 0 aliphatic carbocycles. The number of carbonyl (C=O) groups excluding carboxylic acids is 2. The molecule has 7 nitrogen and oxygen atoms in total. The molecule has 0 saturated carbocycles. The number of hydrogen-bond acceptors (Lipinski definition) is 5. The molecular weight excluding hydrogens is 474 g/mol. The molecule has 3 aromatic rings. The predicted octanol–water partition coefficient (Wildman–Crippen LogP) is 4.79. The van der Waals surface area contributed by atoms with Crippen molar-refractivity contribution in [2.75, 3.05) is 19.5 Å². The van der Waals surface area contributed by atoms with Crippen LogP contribution in [0.3, 0.4) is 0 Å². The lowest BCUT2D eigenvalue weighted by Gasteiger charge is -2.12. The van der Waals surface area contributed by atoms with Gasteiger partial charge >= 0.3 is 0 Å². The Labute approximate surface area is 194 Å². The Hall–Kier alpha value is -3.65. The largest absolute Gasteiger partial charge is 0.497 e. The molecular formula is C24H22BrN3O4. The maximum atomic E-state index is 12.8. The molecule has 0 spiro atoms. The van der Waals surface area contributed by atoms with Crippen molar-refractivity contribution in [2.24, 2.45) is 5.10 Å². The number of carbonyl (C=O) groups is 2. The Morgan fingerprint density at radius 2 is 1.56 bits per heavy atom. The quantitative estimate of drug-likeness (QED) is 0.364. The van der Waals surface area contributed by atoms with Gasteiger partial charge in [0, 0.05) is 16.1 Å². The fourth-order valence-electron chi connectivity index (χ4n) is 2.82. The van der Waals surface area contributed by atoms with Crippen LogP contribution < -0.4 is 20.2 Å². The van der Waals surface area contributed by atoms with Crippen LogP contribution in [0, 0.1) is 6.92 Å². The smallest absolute Gasteiger partial charge is 0.273 e. The van der Waals surface area contributed by atoms with E-state index in [2.05, 4.69) is 31.8 Å². The number of rotatable bonds is 7. The van der Waals surface area contributed by atoms with E-state index in [-0.39, 0.29) is 5.56 Å². The minimum Gasteiger partial charge on any atom is -0.497 e. The van der Waals surface area contributed by atoms with Gasteiger partial charge in [0.15, 0.2) is 0 Å². The van der Waals surface area contributed by atoms with Crippen molar-refractivity contribution in [2.45, 2.75) is 6.92 Å². The number of anilines is 1. The van der Waals surface area contributed by atoms with Gasteiger partial charge in [0.2, 0.25) is 0 Å².